The molecule has 100 valence electrons. The molecule has 0 bridgehead atoms. The first-order valence-corrected chi connectivity index (χ1v) is 6.97. The molecule has 0 aliphatic heterocycles. The Bertz CT molecular complexity index is 406. The Hall–Kier alpha value is -1.16. The summed E-state index contributed by atoms with van der Waals surface area (Å²) in [5, 5.41) is 4.31. The molecule has 4 nitrogen and oxygen atoms in total. The number of aromatic nitrogens is 3. The highest BCUT2D eigenvalue weighted by atomic mass is 15.3. The summed E-state index contributed by atoms with van der Waals surface area (Å²) < 4.78 is 2.03. The van der Waals surface area contributed by atoms with E-state index in [1.54, 1.807) is 6.33 Å². The second-order valence-corrected chi connectivity index (χ2v) is 5.66. The lowest BCUT2D eigenvalue weighted by molar-refractivity contribution is 0.468. The smallest absolute Gasteiger partial charge is 0.138 e. The number of nitrogens with zero attached hydrogens (tertiary/aromatic N) is 3. The van der Waals surface area contributed by atoms with Crippen LogP contribution in [-0.2, 0) is 13.0 Å². The number of nitrogens with two attached hydrogens (primary N) is 1. The highest BCUT2D eigenvalue weighted by Crippen LogP contribution is 2.19. The van der Waals surface area contributed by atoms with Crippen LogP contribution in [0.1, 0.15) is 45.4 Å². The van der Waals surface area contributed by atoms with Crippen LogP contribution in [0.2, 0.25) is 0 Å². The molecule has 1 heterocycles. The first-order valence-electron chi connectivity index (χ1n) is 6.97. The standard InChI is InChI=1S/C14H24N4/c1-11(2)9-18-14(16-10-17-18)8-12-5-3-4-6-13(15)7-12/h7,10-11,13H,3-6,8-9,15H2,1-2H3. The maximum absolute atomic E-state index is 6.05. The third kappa shape index (κ3) is 3.67. The molecular formula is C14H24N4. The van der Waals surface area contributed by atoms with Gasteiger partial charge in [-0.05, 0) is 25.2 Å². The summed E-state index contributed by atoms with van der Waals surface area (Å²) in [5.74, 6) is 1.67. The zero-order valence-corrected chi connectivity index (χ0v) is 11.5. The topological polar surface area (TPSA) is 56.7 Å². The summed E-state index contributed by atoms with van der Waals surface area (Å²) in [6.07, 6.45) is 9.55. The van der Waals surface area contributed by atoms with Gasteiger partial charge in [0, 0.05) is 19.0 Å². The quantitative estimate of drug-likeness (QED) is 0.832. The van der Waals surface area contributed by atoms with Crippen molar-refractivity contribution in [1.29, 1.82) is 0 Å². The van der Waals surface area contributed by atoms with Gasteiger partial charge in [0.05, 0.1) is 0 Å². The van der Waals surface area contributed by atoms with Crippen LogP contribution >= 0.6 is 0 Å². The Balaban J connectivity index is 2.06. The predicted octanol–water partition coefficient (Wildman–Crippen LogP) is 2.30. The fourth-order valence-electron chi connectivity index (χ4n) is 2.48. The van der Waals surface area contributed by atoms with E-state index in [0.717, 1.165) is 31.6 Å². The molecule has 1 unspecified atom stereocenters. The van der Waals surface area contributed by atoms with Crippen LogP contribution in [0.15, 0.2) is 18.0 Å². The fourth-order valence-corrected chi connectivity index (χ4v) is 2.48. The minimum atomic E-state index is 0.226. The van der Waals surface area contributed by atoms with Crippen LogP contribution in [0, 0.1) is 5.92 Å². The van der Waals surface area contributed by atoms with Gasteiger partial charge in [0.1, 0.15) is 12.2 Å². The van der Waals surface area contributed by atoms with Crippen LogP contribution in [0.25, 0.3) is 0 Å². The van der Waals surface area contributed by atoms with Gasteiger partial charge in [-0.3, -0.25) is 0 Å². The zero-order chi connectivity index (χ0) is 13.0. The predicted molar refractivity (Wildman–Crippen MR) is 73.1 cm³/mol. The molecule has 0 aromatic carbocycles. The molecular weight excluding hydrogens is 224 g/mol. The van der Waals surface area contributed by atoms with Crippen LogP contribution in [0.3, 0.4) is 0 Å². The Morgan fingerprint density at radius 3 is 3.06 bits per heavy atom. The van der Waals surface area contributed by atoms with E-state index in [-0.39, 0.29) is 6.04 Å². The van der Waals surface area contributed by atoms with Gasteiger partial charge in [0.25, 0.3) is 0 Å². The first-order chi connectivity index (χ1) is 8.65. The van der Waals surface area contributed by atoms with Crippen molar-refractivity contribution in [3.8, 4) is 0 Å². The molecule has 0 radical (unpaired) electrons. The lowest BCUT2D eigenvalue weighted by atomic mass is 10.1. The van der Waals surface area contributed by atoms with Crippen molar-refractivity contribution in [3.63, 3.8) is 0 Å². The van der Waals surface area contributed by atoms with Crippen LogP contribution < -0.4 is 5.73 Å². The average molecular weight is 248 g/mol. The lowest BCUT2D eigenvalue weighted by Crippen LogP contribution is -2.16. The summed E-state index contributed by atoms with van der Waals surface area (Å²) in [5.41, 5.74) is 7.48. The van der Waals surface area contributed by atoms with Crippen molar-refractivity contribution in [2.45, 2.75) is 58.5 Å². The summed E-state index contributed by atoms with van der Waals surface area (Å²) in [7, 11) is 0. The fraction of sp³-hybridized carbons (Fsp3) is 0.714. The number of hydrogen-bond acceptors (Lipinski definition) is 3. The number of hydrogen-bond donors (Lipinski definition) is 1. The monoisotopic (exact) mass is 248 g/mol. The van der Waals surface area contributed by atoms with Gasteiger partial charge >= 0.3 is 0 Å². The third-order valence-electron chi connectivity index (χ3n) is 3.35. The minimum absolute atomic E-state index is 0.226. The van der Waals surface area contributed by atoms with Crippen LogP contribution in [-0.4, -0.2) is 20.8 Å². The SMILES string of the molecule is CC(C)Cn1ncnc1CC1=CC(N)CCCC1. The van der Waals surface area contributed by atoms with Gasteiger partial charge in [0.2, 0.25) is 0 Å². The molecule has 1 aromatic rings. The molecule has 1 atom stereocenters. The van der Waals surface area contributed by atoms with Crippen LogP contribution in [0.5, 0.6) is 0 Å². The molecule has 0 saturated heterocycles. The van der Waals surface area contributed by atoms with Crippen molar-refractivity contribution in [3.05, 3.63) is 23.8 Å². The molecule has 1 aliphatic carbocycles. The van der Waals surface area contributed by atoms with Gasteiger partial charge in [-0.1, -0.05) is 31.9 Å². The molecule has 4 heteroatoms. The summed E-state index contributed by atoms with van der Waals surface area (Å²) in [6, 6.07) is 0.226. The van der Waals surface area contributed by atoms with E-state index in [1.807, 2.05) is 4.68 Å². The zero-order valence-electron chi connectivity index (χ0n) is 11.5. The van der Waals surface area contributed by atoms with Crippen molar-refractivity contribution in [1.82, 2.24) is 14.8 Å². The van der Waals surface area contributed by atoms with Crippen molar-refractivity contribution < 1.29 is 0 Å². The van der Waals surface area contributed by atoms with Gasteiger partial charge in [-0.25, -0.2) is 9.67 Å². The number of rotatable bonds is 4. The highest BCUT2D eigenvalue weighted by Gasteiger charge is 2.12. The molecule has 0 amide bonds. The van der Waals surface area contributed by atoms with Crippen LogP contribution in [0.4, 0.5) is 0 Å². The summed E-state index contributed by atoms with van der Waals surface area (Å²) >= 11 is 0. The summed E-state index contributed by atoms with van der Waals surface area (Å²) in [6.45, 7) is 5.34. The maximum atomic E-state index is 6.05. The molecule has 18 heavy (non-hydrogen) atoms. The van der Waals surface area contributed by atoms with E-state index >= 15 is 0 Å². The van der Waals surface area contributed by atoms with E-state index < -0.39 is 0 Å². The molecule has 2 N–H and O–H groups in total. The van der Waals surface area contributed by atoms with E-state index in [4.69, 9.17) is 5.73 Å². The highest BCUT2D eigenvalue weighted by molar-refractivity contribution is 5.13. The third-order valence-corrected chi connectivity index (χ3v) is 3.35. The average Bonchev–Trinajstić information content (AvgIpc) is 2.59. The normalized spacial score (nSPS) is 20.9. The second kappa shape index (κ2) is 6.14. The second-order valence-electron chi connectivity index (χ2n) is 5.66. The Morgan fingerprint density at radius 2 is 2.28 bits per heavy atom. The van der Waals surface area contributed by atoms with E-state index in [2.05, 4.69) is 30.0 Å². The maximum Gasteiger partial charge on any atom is 0.138 e. The molecule has 0 saturated carbocycles. The Morgan fingerprint density at radius 1 is 1.44 bits per heavy atom. The van der Waals surface area contributed by atoms with E-state index in [9.17, 15) is 0 Å². The van der Waals surface area contributed by atoms with Gasteiger partial charge in [-0.15, -0.1) is 0 Å². The molecule has 1 aromatic heterocycles. The molecule has 2 rings (SSSR count). The van der Waals surface area contributed by atoms with Gasteiger partial charge in [-0.2, -0.15) is 5.10 Å². The number of allylic oxidation sites excluding steroid dienone is 1. The van der Waals surface area contributed by atoms with E-state index in [0.29, 0.717) is 5.92 Å². The Kier molecular flexibility index (Phi) is 4.53. The minimum Gasteiger partial charge on any atom is -0.324 e. The molecule has 1 aliphatic rings. The summed E-state index contributed by atoms with van der Waals surface area (Å²) in [4.78, 5) is 4.39. The Labute approximate surface area is 109 Å². The van der Waals surface area contributed by atoms with Crippen molar-refractivity contribution in [2.75, 3.05) is 0 Å². The molecule has 0 fully saturated rings. The lowest BCUT2D eigenvalue weighted by Gasteiger charge is -2.10. The van der Waals surface area contributed by atoms with Gasteiger partial charge in [0.15, 0.2) is 0 Å². The van der Waals surface area contributed by atoms with Crippen molar-refractivity contribution in [2.24, 2.45) is 11.7 Å². The molecule has 0 spiro atoms. The first kappa shape index (κ1) is 13.3. The van der Waals surface area contributed by atoms with Gasteiger partial charge < -0.3 is 5.73 Å². The largest absolute Gasteiger partial charge is 0.324 e. The van der Waals surface area contributed by atoms with Crippen molar-refractivity contribution >= 4 is 0 Å². The van der Waals surface area contributed by atoms with E-state index in [1.165, 1.54) is 18.4 Å².